The van der Waals surface area contributed by atoms with Crippen LogP contribution >= 0.6 is 0 Å². The van der Waals surface area contributed by atoms with E-state index in [2.05, 4.69) is 5.10 Å². The minimum Gasteiger partial charge on any atom is -0.497 e. The van der Waals surface area contributed by atoms with E-state index in [0.717, 1.165) is 0 Å². The fourth-order valence-corrected chi connectivity index (χ4v) is 3.72. The second-order valence-electron chi connectivity index (χ2n) is 7.52. The maximum atomic E-state index is 13.1. The Kier molecular flexibility index (Phi) is 5.33. The molecule has 31 heavy (non-hydrogen) atoms. The Hall–Kier alpha value is -3.88. The van der Waals surface area contributed by atoms with Crippen LogP contribution in [0.2, 0.25) is 0 Å². The van der Waals surface area contributed by atoms with E-state index in [1.54, 1.807) is 55.6 Å². The molecule has 0 unspecified atom stereocenters. The number of anilines is 1. The third-order valence-corrected chi connectivity index (χ3v) is 5.59. The summed E-state index contributed by atoms with van der Waals surface area (Å²) in [6.07, 6.45) is 3.55. The van der Waals surface area contributed by atoms with Crippen LogP contribution in [0.15, 0.2) is 53.6 Å². The Bertz CT molecular complexity index is 1200. The van der Waals surface area contributed by atoms with E-state index in [-0.39, 0.29) is 35.5 Å². The first kappa shape index (κ1) is 20.4. The van der Waals surface area contributed by atoms with Gasteiger partial charge in [0.15, 0.2) is 5.78 Å². The molecule has 0 aliphatic carbocycles. The van der Waals surface area contributed by atoms with Gasteiger partial charge in [-0.3, -0.25) is 14.4 Å². The second kappa shape index (κ2) is 8.10. The molecule has 1 aliphatic heterocycles. The molecule has 0 bridgehead atoms. The van der Waals surface area contributed by atoms with Crippen molar-refractivity contribution in [3.05, 3.63) is 70.3 Å². The van der Waals surface area contributed by atoms with Gasteiger partial charge in [-0.05, 0) is 36.8 Å². The SMILES string of the molecule is COc1ccc(-n2ncc(C(=O)[C@H]3CCN(C(=O)c4ccn(C)c(=O)c4)C3)c2N)cc1. The van der Waals surface area contributed by atoms with E-state index >= 15 is 0 Å². The number of hydrogen-bond donors (Lipinski definition) is 1. The number of carbonyl (C=O) groups is 2. The lowest BCUT2D eigenvalue weighted by Gasteiger charge is -2.16. The molecular formula is C22H23N5O4. The fraction of sp³-hybridized carbons (Fsp3) is 0.273. The Morgan fingerprint density at radius 3 is 2.61 bits per heavy atom. The Morgan fingerprint density at radius 2 is 1.94 bits per heavy atom. The molecule has 2 aromatic heterocycles. The van der Waals surface area contributed by atoms with Crippen LogP contribution in [0.4, 0.5) is 5.82 Å². The van der Waals surface area contributed by atoms with Gasteiger partial charge in [0.2, 0.25) is 0 Å². The lowest BCUT2D eigenvalue weighted by molar-refractivity contribution is 0.0780. The zero-order valence-electron chi connectivity index (χ0n) is 17.3. The minimum absolute atomic E-state index is 0.142. The molecule has 9 heteroatoms. The average molecular weight is 421 g/mol. The highest BCUT2D eigenvalue weighted by molar-refractivity contribution is 6.03. The number of nitrogens with two attached hydrogens (primary N) is 1. The number of aryl methyl sites for hydroxylation is 1. The summed E-state index contributed by atoms with van der Waals surface area (Å²) in [6, 6.07) is 10.1. The topological polar surface area (TPSA) is 112 Å². The number of nitrogens with zero attached hydrogens (tertiary/aromatic N) is 4. The fourth-order valence-electron chi connectivity index (χ4n) is 3.72. The van der Waals surface area contributed by atoms with Gasteiger partial charge >= 0.3 is 0 Å². The van der Waals surface area contributed by atoms with Gasteiger partial charge in [-0.15, -0.1) is 0 Å². The molecule has 3 aromatic rings. The molecule has 1 saturated heterocycles. The summed E-state index contributed by atoms with van der Waals surface area (Å²) < 4.78 is 8.06. The summed E-state index contributed by atoms with van der Waals surface area (Å²) in [6.45, 7) is 0.719. The number of rotatable bonds is 5. The molecule has 0 spiro atoms. The van der Waals surface area contributed by atoms with E-state index in [9.17, 15) is 14.4 Å². The van der Waals surface area contributed by atoms with Crippen LogP contribution in [-0.4, -0.2) is 51.1 Å². The van der Waals surface area contributed by atoms with E-state index < -0.39 is 0 Å². The normalized spacial score (nSPS) is 15.8. The third-order valence-electron chi connectivity index (χ3n) is 5.59. The highest BCUT2D eigenvalue weighted by Crippen LogP contribution is 2.26. The van der Waals surface area contributed by atoms with Crippen molar-refractivity contribution in [2.45, 2.75) is 6.42 Å². The molecule has 3 heterocycles. The lowest BCUT2D eigenvalue weighted by Crippen LogP contribution is -2.31. The molecular weight excluding hydrogens is 398 g/mol. The first-order chi connectivity index (χ1) is 14.9. The van der Waals surface area contributed by atoms with Crippen molar-refractivity contribution in [1.82, 2.24) is 19.2 Å². The van der Waals surface area contributed by atoms with Crippen molar-refractivity contribution in [3.63, 3.8) is 0 Å². The van der Waals surface area contributed by atoms with Crippen molar-refractivity contribution in [1.29, 1.82) is 0 Å². The zero-order chi connectivity index (χ0) is 22.1. The quantitative estimate of drug-likeness (QED) is 0.625. The van der Waals surface area contributed by atoms with Gasteiger partial charge < -0.3 is 19.9 Å². The van der Waals surface area contributed by atoms with Gasteiger partial charge in [0.05, 0.1) is 24.6 Å². The van der Waals surface area contributed by atoms with Crippen molar-refractivity contribution >= 4 is 17.5 Å². The second-order valence-corrected chi connectivity index (χ2v) is 7.52. The number of Topliss-reactive ketones (excluding diaryl/α,β-unsaturated/α-hetero) is 1. The standard InChI is InChI=1S/C22H23N5O4/c1-25-9-7-14(11-19(25)28)22(30)26-10-8-15(13-26)20(29)18-12-24-27(21(18)23)16-3-5-17(31-2)6-4-16/h3-7,9,11-12,15H,8,10,13,23H2,1-2H3/t15-/m0/s1. The monoisotopic (exact) mass is 421 g/mol. The van der Waals surface area contributed by atoms with Crippen LogP contribution in [0.5, 0.6) is 5.75 Å². The third kappa shape index (κ3) is 3.81. The Labute approximate surface area is 178 Å². The molecule has 160 valence electrons. The number of ether oxygens (including phenoxy) is 1. The maximum absolute atomic E-state index is 13.1. The zero-order valence-corrected chi connectivity index (χ0v) is 17.3. The number of nitrogen functional groups attached to an aromatic ring is 1. The van der Waals surface area contributed by atoms with Crippen LogP contribution in [0.1, 0.15) is 27.1 Å². The van der Waals surface area contributed by atoms with Crippen LogP contribution in [-0.2, 0) is 7.05 Å². The summed E-state index contributed by atoms with van der Waals surface area (Å²) in [7, 11) is 3.21. The molecule has 4 rings (SSSR count). The summed E-state index contributed by atoms with van der Waals surface area (Å²) >= 11 is 0. The number of methoxy groups -OCH3 is 1. The summed E-state index contributed by atoms with van der Waals surface area (Å²) in [5, 5.41) is 4.27. The van der Waals surface area contributed by atoms with Gasteiger partial charge in [0.1, 0.15) is 11.6 Å². The van der Waals surface area contributed by atoms with Gasteiger partial charge in [0, 0.05) is 43.9 Å². The van der Waals surface area contributed by atoms with Crippen molar-refractivity contribution in [3.8, 4) is 11.4 Å². The first-order valence-electron chi connectivity index (χ1n) is 9.87. The molecule has 0 saturated carbocycles. The highest BCUT2D eigenvalue weighted by Gasteiger charge is 2.33. The number of amides is 1. The highest BCUT2D eigenvalue weighted by atomic mass is 16.5. The molecule has 1 amide bonds. The first-order valence-corrected chi connectivity index (χ1v) is 9.87. The number of hydrogen-bond acceptors (Lipinski definition) is 6. The predicted molar refractivity (Wildman–Crippen MR) is 115 cm³/mol. The van der Waals surface area contributed by atoms with Crippen molar-refractivity contribution < 1.29 is 14.3 Å². The molecule has 1 fully saturated rings. The number of pyridine rings is 1. The molecule has 0 radical (unpaired) electrons. The lowest BCUT2D eigenvalue weighted by atomic mass is 9.98. The van der Waals surface area contributed by atoms with Crippen molar-refractivity contribution in [2.75, 3.05) is 25.9 Å². The summed E-state index contributed by atoms with van der Waals surface area (Å²) in [5.41, 5.74) is 7.34. The summed E-state index contributed by atoms with van der Waals surface area (Å²) in [5.74, 6) is 0.196. The maximum Gasteiger partial charge on any atom is 0.254 e. The largest absolute Gasteiger partial charge is 0.497 e. The number of likely N-dealkylation sites (tertiary alicyclic amines) is 1. The summed E-state index contributed by atoms with van der Waals surface area (Å²) in [4.78, 5) is 39.2. The molecule has 9 nitrogen and oxygen atoms in total. The van der Waals surface area contributed by atoms with Crippen LogP contribution in [0.25, 0.3) is 5.69 Å². The predicted octanol–water partition coefficient (Wildman–Crippen LogP) is 1.51. The number of carbonyl (C=O) groups excluding carboxylic acids is 2. The van der Waals surface area contributed by atoms with Gasteiger partial charge in [-0.25, -0.2) is 4.68 Å². The number of benzene rings is 1. The average Bonchev–Trinajstić information content (AvgIpc) is 3.42. The van der Waals surface area contributed by atoms with Crippen molar-refractivity contribution in [2.24, 2.45) is 13.0 Å². The number of aromatic nitrogens is 3. The minimum atomic E-state index is -0.369. The van der Waals surface area contributed by atoms with Crippen LogP contribution in [0.3, 0.4) is 0 Å². The molecule has 1 aromatic carbocycles. The van der Waals surface area contributed by atoms with Gasteiger partial charge in [0.25, 0.3) is 11.5 Å². The number of ketones is 1. The Morgan fingerprint density at radius 1 is 1.19 bits per heavy atom. The molecule has 2 N–H and O–H groups in total. The van der Waals surface area contributed by atoms with Crippen LogP contribution in [0, 0.1) is 5.92 Å². The van der Waals surface area contributed by atoms with Gasteiger partial charge in [-0.2, -0.15) is 5.10 Å². The molecule has 1 atom stereocenters. The van der Waals surface area contributed by atoms with E-state index in [0.29, 0.717) is 35.5 Å². The van der Waals surface area contributed by atoms with Gasteiger partial charge in [-0.1, -0.05) is 0 Å². The smallest absolute Gasteiger partial charge is 0.254 e. The van der Waals surface area contributed by atoms with E-state index in [1.807, 2.05) is 0 Å². The Balaban J connectivity index is 1.49. The molecule has 1 aliphatic rings. The van der Waals surface area contributed by atoms with E-state index in [4.69, 9.17) is 10.5 Å². The van der Waals surface area contributed by atoms with Crippen LogP contribution < -0.4 is 16.0 Å². The van der Waals surface area contributed by atoms with E-state index in [1.165, 1.54) is 21.5 Å².